The Balaban J connectivity index is 1.91. The molecule has 1 heterocycles. The lowest BCUT2D eigenvalue weighted by Gasteiger charge is -2.38. The summed E-state index contributed by atoms with van der Waals surface area (Å²) in [6.45, 7) is 8.90. The third-order valence-electron chi connectivity index (χ3n) is 5.48. The standard InChI is InChI=1S/C20H38N4O2/c1-19(2,3)26-16-9-13-24(14-10-16)18(21-4)22-15-20(11-7-8-12-20)17(25)23(5)6/h16H,7-15H2,1-6H3,(H,21,22). The van der Waals surface area contributed by atoms with Crippen molar-refractivity contribution in [2.45, 2.75) is 71.0 Å². The van der Waals surface area contributed by atoms with E-state index in [1.165, 1.54) is 0 Å². The van der Waals surface area contributed by atoms with Crippen molar-refractivity contribution in [3.05, 3.63) is 0 Å². The van der Waals surface area contributed by atoms with Gasteiger partial charge in [-0.05, 0) is 46.5 Å². The first-order chi connectivity index (χ1) is 12.2. The Kier molecular flexibility index (Phi) is 6.94. The molecule has 6 heteroatoms. The van der Waals surface area contributed by atoms with Crippen molar-refractivity contribution >= 4 is 11.9 Å². The van der Waals surface area contributed by atoms with Crippen molar-refractivity contribution in [3.63, 3.8) is 0 Å². The third kappa shape index (κ3) is 5.35. The number of guanidine groups is 1. The average molecular weight is 367 g/mol. The molecule has 6 nitrogen and oxygen atoms in total. The van der Waals surface area contributed by atoms with Crippen LogP contribution in [0.25, 0.3) is 0 Å². The molecule has 1 aliphatic carbocycles. The molecule has 0 bridgehead atoms. The van der Waals surface area contributed by atoms with Crippen LogP contribution in [0.3, 0.4) is 0 Å². The number of nitrogens with one attached hydrogen (secondary N) is 1. The fourth-order valence-electron chi connectivity index (χ4n) is 4.26. The first-order valence-corrected chi connectivity index (χ1v) is 10.0. The minimum atomic E-state index is -0.271. The Hall–Kier alpha value is -1.30. The van der Waals surface area contributed by atoms with E-state index in [1.54, 1.807) is 4.90 Å². The van der Waals surface area contributed by atoms with Crippen molar-refractivity contribution in [2.75, 3.05) is 40.8 Å². The maximum Gasteiger partial charge on any atom is 0.230 e. The van der Waals surface area contributed by atoms with Crippen molar-refractivity contribution in [1.82, 2.24) is 15.1 Å². The third-order valence-corrected chi connectivity index (χ3v) is 5.48. The van der Waals surface area contributed by atoms with Gasteiger partial charge in [-0.25, -0.2) is 0 Å². The summed E-state index contributed by atoms with van der Waals surface area (Å²) >= 11 is 0. The second kappa shape index (κ2) is 8.59. The lowest BCUT2D eigenvalue weighted by molar-refractivity contribution is -0.138. The summed E-state index contributed by atoms with van der Waals surface area (Å²) < 4.78 is 6.12. The van der Waals surface area contributed by atoms with Gasteiger partial charge in [0.05, 0.1) is 17.1 Å². The van der Waals surface area contributed by atoms with Crippen LogP contribution in [0.5, 0.6) is 0 Å². The molecule has 0 aromatic carbocycles. The molecule has 2 aliphatic rings. The van der Waals surface area contributed by atoms with Crippen LogP contribution in [-0.2, 0) is 9.53 Å². The fraction of sp³-hybridized carbons (Fsp3) is 0.900. The molecule has 1 N–H and O–H groups in total. The minimum Gasteiger partial charge on any atom is -0.372 e. The van der Waals surface area contributed by atoms with E-state index in [9.17, 15) is 4.79 Å². The summed E-state index contributed by atoms with van der Waals surface area (Å²) in [7, 11) is 5.55. The molecule has 0 aromatic rings. The maximum absolute atomic E-state index is 12.7. The first-order valence-electron chi connectivity index (χ1n) is 10.0. The molecule has 2 fully saturated rings. The van der Waals surface area contributed by atoms with E-state index in [0.29, 0.717) is 12.6 Å². The van der Waals surface area contributed by atoms with Gasteiger partial charge in [0, 0.05) is 40.8 Å². The topological polar surface area (TPSA) is 57.2 Å². The Morgan fingerprint density at radius 1 is 1.23 bits per heavy atom. The molecule has 2 rings (SSSR count). The highest BCUT2D eigenvalue weighted by atomic mass is 16.5. The number of hydrogen-bond acceptors (Lipinski definition) is 3. The zero-order chi connectivity index (χ0) is 19.4. The highest BCUT2D eigenvalue weighted by Gasteiger charge is 2.42. The quantitative estimate of drug-likeness (QED) is 0.613. The largest absolute Gasteiger partial charge is 0.372 e. The van der Waals surface area contributed by atoms with Gasteiger partial charge in [-0.15, -0.1) is 0 Å². The normalized spacial score (nSPS) is 21.8. The summed E-state index contributed by atoms with van der Waals surface area (Å²) in [5.74, 6) is 1.16. The van der Waals surface area contributed by atoms with Crippen LogP contribution < -0.4 is 5.32 Å². The predicted molar refractivity (Wildman–Crippen MR) is 106 cm³/mol. The average Bonchev–Trinajstić information content (AvgIpc) is 3.04. The van der Waals surface area contributed by atoms with Crippen LogP contribution in [0.2, 0.25) is 0 Å². The van der Waals surface area contributed by atoms with Crippen molar-refractivity contribution in [2.24, 2.45) is 10.4 Å². The Morgan fingerprint density at radius 2 is 1.81 bits per heavy atom. The molecule has 1 saturated heterocycles. The van der Waals surface area contributed by atoms with E-state index < -0.39 is 0 Å². The molecule has 0 spiro atoms. The van der Waals surface area contributed by atoms with E-state index in [4.69, 9.17) is 4.74 Å². The van der Waals surface area contributed by atoms with Crippen molar-refractivity contribution in [3.8, 4) is 0 Å². The molecule has 1 aliphatic heterocycles. The number of likely N-dealkylation sites (tertiary alicyclic amines) is 1. The molecule has 0 aromatic heterocycles. The van der Waals surface area contributed by atoms with Gasteiger partial charge >= 0.3 is 0 Å². The Morgan fingerprint density at radius 3 is 2.27 bits per heavy atom. The van der Waals surface area contributed by atoms with E-state index >= 15 is 0 Å². The number of carbonyl (C=O) groups is 1. The van der Waals surface area contributed by atoms with Gasteiger partial charge in [0.25, 0.3) is 0 Å². The number of carbonyl (C=O) groups excluding carboxylic acids is 1. The van der Waals surface area contributed by atoms with Crippen LogP contribution in [-0.4, -0.2) is 74.1 Å². The van der Waals surface area contributed by atoms with Gasteiger partial charge < -0.3 is 19.9 Å². The molecule has 0 atom stereocenters. The van der Waals surface area contributed by atoms with E-state index in [0.717, 1.165) is 57.6 Å². The van der Waals surface area contributed by atoms with E-state index in [-0.39, 0.29) is 16.9 Å². The Labute approximate surface area is 159 Å². The smallest absolute Gasteiger partial charge is 0.230 e. The predicted octanol–water partition coefficient (Wildman–Crippen LogP) is 2.49. The van der Waals surface area contributed by atoms with Gasteiger partial charge in [0.1, 0.15) is 0 Å². The zero-order valence-corrected chi connectivity index (χ0v) is 17.6. The van der Waals surface area contributed by atoms with Crippen molar-refractivity contribution in [1.29, 1.82) is 0 Å². The second-order valence-corrected chi connectivity index (χ2v) is 9.00. The minimum absolute atomic E-state index is 0.0891. The number of rotatable bonds is 4. The second-order valence-electron chi connectivity index (χ2n) is 9.00. The molecular formula is C20H38N4O2. The van der Waals surface area contributed by atoms with E-state index in [1.807, 2.05) is 21.1 Å². The molecule has 150 valence electrons. The monoisotopic (exact) mass is 366 g/mol. The fourth-order valence-corrected chi connectivity index (χ4v) is 4.26. The number of piperidine rings is 1. The molecule has 1 saturated carbocycles. The summed E-state index contributed by atoms with van der Waals surface area (Å²) in [4.78, 5) is 21.2. The maximum atomic E-state index is 12.7. The van der Waals surface area contributed by atoms with Crippen LogP contribution >= 0.6 is 0 Å². The number of aliphatic imine (C=N–C) groups is 1. The van der Waals surface area contributed by atoms with Crippen LogP contribution in [0, 0.1) is 5.41 Å². The van der Waals surface area contributed by atoms with Gasteiger partial charge in [-0.2, -0.15) is 0 Å². The van der Waals surface area contributed by atoms with Crippen molar-refractivity contribution < 1.29 is 9.53 Å². The van der Waals surface area contributed by atoms with Gasteiger partial charge in [-0.1, -0.05) is 12.8 Å². The number of ether oxygens (including phenoxy) is 1. The highest BCUT2D eigenvalue weighted by molar-refractivity contribution is 5.85. The SMILES string of the molecule is CN=C(NCC1(C(=O)N(C)C)CCCC1)N1CCC(OC(C)(C)C)CC1. The van der Waals surface area contributed by atoms with Gasteiger partial charge in [0.15, 0.2) is 5.96 Å². The lowest BCUT2D eigenvalue weighted by atomic mass is 9.84. The van der Waals surface area contributed by atoms with Crippen LogP contribution in [0.1, 0.15) is 59.3 Å². The molecular weight excluding hydrogens is 328 g/mol. The molecule has 0 unspecified atom stereocenters. The van der Waals surface area contributed by atoms with E-state index in [2.05, 4.69) is 36.0 Å². The number of nitrogens with zero attached hydrogens (tertiary/aromatic N) is 3. The summed E-state index contributed by atoms with van der Waals surface area (Å²) in [5, 5.41) is 3.51. The lowest BCUT2D eigenvalue weighted by Crippen LogP contribution is -2.52. The zero-order valence-electron chi connectivity index (χ0n) is 17.6. The summed E-state index contributed by atoms with van der Waals surface area (Å²) in [6.07, 6.45) is 6.55. The molecule has 26 heavy (non-hydrogen) atoms. The summed E-state index contributed by atoms with van der Waals surface area (Å²) in [6, 6.07) is 0. The first kappa shape index (κ1) is 21.0. The number of hydrogen-bond donors (Lipinski definition) is 1. The molecule has 0 radical (unpaired) electrons. The Bertz CT molecular complexity index is 496. The molecule has 1 amide bonds. The van der Waals surface area contributed by atoms with Gasteiger partial charge in [-0.3, -0.25) is 9.79 Å². The van der Waals surface area contributed by atoms with Gasteiger partial charge in [0.2, 0.25) is 5.91 Å². The number of amides is 1. The highest BCUT2D eigenvalue weighted by Crippen LogP contribution is 2.39. The summed E-state index contributed by atoms with van der Waals surface area (Å²) in [5.41, 5.74) is -0.360. The van der Waals surface area contributed by atoms with Crippen LogP contribution in [0.15, 0.2) is 4.99 Å². The van der Waals surface area contributed by atoms with Crippen LogP contribution in [0.4, 0.5) is 0 Å².